The molecule has 3 heterocycles. The highest BCUT2D eigenvalue weighted by Crippen LogP contribution is 2.30. The highest BCUT2D eigenvalue weighted by Gasteiger charge is 2.36. The number of benzene rings is 1. The first-order valence-corrected chi connectivity index (χ1v) is 10.6. The average Bonchev–Trinajstić information content (AvgIpc) is 2.90. The minimum atomic E-state index is -0.943. The zero-order valence-electron chi connectivity index (χ0n) is 17.1. The van der Waals surface area contributed by atoms with Gasteiger partial charge in [0.25, 0.3) is 5.91 Å². The van der Waals surface area contributed by atoms with Crippen LogP contribution in [0, 0.1) is 0 Å². The normalized spacial score (nSPS) is 18.3. The van der Waals surface area contributed by atoms with E-state index in [0.717, 1.165) is 32.5 Å². The van der Waals surface area contributed by atoms with Crippen molar-refractivity contribution in [2.75, 3.05) is 26.2 Å². The van der Waals surface area contributed by atoms with Crippen LogP contribution in [-0.4, -0.2) is 57.0 Å². The summed E-state index contributed by atoms with van der Waals surface area (Å²) in [5.74, 6) is 0.884. The number of ether oxygens (including phenoxy) is 1. The Morgan fingerprint density at radius 1 is 1.06 bits per heavy atom. The molecule has 0 unspecified atom stereocenters. The van der Waals surface area contributed by atoms with Gasteiger partial charge in [0, 0.05) is 32.0 Å². The van der Waals surface area contributed by atoms with Crippen LogP contribution in [0.2, 0.25) is 0 Å². The maximum absolute atomic E-state index is 12.8. The quantitative estimate of drug-likeness (QED) is 0.520. The molecule has 1 aromatic carbocycles. The summed E-state index contributed by atoms with van der Waals surface area (Å²) in [4.78, 5) is 25.2. The Balaban J connectivity index is 0.00000272. The minimum absolute atomic E-state index is 0. The summed E-state index contributed by atoms with van der Waals surface area (Å²) in [5.41, 5.74) is -0.426. The molecule has 1 fully saturated rings. The van der Waals surface area contributed by atoms with Crippen molar-refractivity contribution in [3.05, 3.63) is 65.5 Å². The molecule has 2 aliphatic rings. The number of rotatable bonds is 6. The second kappa shape index (κ2) is 10.4. The number of hydrogen-bond acceptors (Lipinski definition) is 6. The van der Waals surface area contributed by atoms with Crippen molar-refractivity contribution >= 4 is 29.9 Å². The Labute approximate surface area is 193 Å². The summed E-state index contributed by atoms with van der Waals surface area (Å²) in [5, 5.41) is 11.1. The van der Waals surface area contributed by atoms with E-state index in [1.54, 1.807) is 35.5 Å². The molecule has 2 aromatic rings. The van der Waals surface area contributed by atoms with Gasteiger partial charge in [-0.25, -0.2) is 9.97 Å². The van der Waals surface area contributed by atoms with Crippen LogP contribution >= 0.6 is 24.0 Å². The average molecular weight is 465 g/mol. The molecule has 0 aliphatic carbocycles. The molecule has 1 saturated heterocycles. The molecule has 0 saturated carbocycles. The van der Waals surface area contributed by atoms with Crippen LogP contribution in [0.1, 0.15) is 41.9 Å². The van der Waals surface area contributed by atoms with Crippen LogP contribution in [0.5, 0.6) is 5.75 Å². The van der Waals surface area contributed by atoms with Crippen molar-refractivity contribution in [2.45, 2.75) is 31.3 Å². The van der Waals surface area contributed by atoms with Crippen LogP contribution in [0.15, 0.2) is 54.1 Å². The van der Waals surface area contributed by atoms with Gasteiger partial charge >= 0.3 is 0 Å². The molecular formula is C22H26Cl2N4O3. The van der Waals surface area contributed by atoms with Gasteiger partial charge in [-0.15, -0.1) is 12.4 Å². The molecule has 0 spiro atoms. The van der Waals surface area contributed by atoms with E-state index < -0.39 is 5.60 Å². The Kier molecular flexibility index (Phi) is 7.89. The first kappa shape index (κ1) is 23.5. The van der Waals surface area contributed by atoms with Gasteiger partial charge in [-0.1, -0.05) is 23.7 Å². The monoisotopic (exact) mass is 464 g/mol. The van der Waals surface area contributed by atoms with Gasteiger partial charge in [0.2, 0.25) is 0 Å². The summed E-state index contributed by atoms with van der Waals surface area (Å²) in [7, 11) is 0. The summed E-state index contributed by atoms with van der Waals surface area (Å²) in [6, 6.07) is 8.90. The number of para-hydroxylation sites is 1. The Hall–Kier alpha value is -2.19. The molecule has 166 valence electrons. The van der Waals surface area contributed by atoms with Gasteiger partial charge in [0.15, 0.2) is 5.82 Å². The number of amides is 1. The summed E-state index contributed by atoms with van der Waals surface area (Å²) >= 11 is 6.28. The van der Waals surface area contributed by atoms with Crippen molar-refractivity contribution < 1.29 is 14.6 Å². The van der Waals surface area contributed by atoms with Crippen molar-refractivity contribution in [1.82, 2.24) is 19.8 Å². The number of fused-ring (bicyclic) bond motifs is 1. The summed E-state index contributed by atoms with van der Waals surface area (Å²) < 4.78 is 5.52. The molecule has 9 heteroatoms. The third-order valence-corrected chi connectivity index (χ3v) is 5.97. The van der Waals surface area contributed by atoms with E-state index in [4.69, 9.17) is 16.3 Å². The summed E-state index contributed by atoms with van der Waals surface area (Å²) in [6.45, 7) is 3.02. The number of aliphatic hydroxyl groups is 1. The van der Waals surface area contributed by atoms with Gasteiger partial charge in [-0.05, 0) is 50.4 Å². The van der Waals surface area contributed by atoms with Crippen molar-refractivity contribution in [1.29, 1.82) is 0 Å². The first-order chi connectivity index (χ1) is 14.6. The van der Waals surface area contributed by atoms with Crippen molar-refractivity contribution in [3.63, 3.8) is 0 Å². The first-order valence-electron chi connectivity index (χ1n) is 10.2. The van der Waals surface area contributed by atoms with E-state index in [1.807, 2.05) is 12.1 Å². The molecule has 0 atom stereocenters. The lowest BCUT2D eigenvalue weighted by Gasteiger charge is -2.37. The number of nitrogens with zero attached hydrogens (tertiary/aromatic N) is 4. The molecule has 2 aliphatic heterocycles. The number of aromatic nitrogens is 2. The lowest BCUT2D eigenvalue weighted by atomic mass is 9.90. The molecule has 1 amide bonds. The number of likely N-dealkylation sites (tertiary alicyclic amines) is 1. The number of halogens is 2. The topological polar surface area (TPSA) is 78.8 Å². The Morgan fingerprint density at radius 3 is 2.48 bits per heavy atom. The van der Waals surface area contributed by atoms with Crippen LogP contribution in [-0.2, 0) is 5.60 Å². The van der Waals surface area contributed by atoms with E-state index >= 15 is 0 Å². The maximum Gasteiger partial charge on any atom is 0.262 e. The predicted molar refractivity (Wildman–Crippen MR) is 120 cm³/mol. The standard InChI is InChI=1S/C22H25ClN4O3.ClH/c23-19-16-30-18-7-2-1-6-17(18)20(28)27(19)13-4-3-12-26-14-8-22(29,9-15-26)21-24-10-5-11-25-21;/h1-2,5-7,10-11,16,29H,3-4,8-9,12-15H2;1H. The fraction of sp³-hybridized carbons (Fsp3) is 0.409. The third kappa shape index (κ3) is 5.36. The van der Waals surface area contributed by atoms with Gasteiger partial charge in [-0.3, -0.25) is 9.69 Å². The van der Waals surface area contributed by atoms with Crippen molar-refractivity contribution in [3.8, 4) is 5.75 Å². The number of piperidine rings is 1. The van der Waals surface area contributed by atoms with Crippen LogP contribution in [0.4, 0.5) is 0 Å². The highest BCUT2D eigenvalue weighted by atomic mass is 35.5. The lowest BCUT2D eigenvalue weighted by Crippen LogP contribution is -2.43. The predicted octanol–water partition coefficient (Wildman–Crippen LogP) is 3.53. The second-order valence-corrected chi connectivity index (χ2v) is 8.05. The van der Waals surface area contributed by atoms with Gasteiger partial charge in [0.05, 0.1) is 5.56 Å². The number of carbonyl (C=O) groups is 1. The maximum atomic E-state index is 12.8. The largest absolute Gasteiger partial charge is 0.461 e. The highest BCUT2D eigenvalue weighted by molar-refractivity contribution is 6.30. The number of carbonyl (C=O) groups excluding carboxylic acids is 1. The fourth-order valence-corrected chi connectivity index (χ4v) is 4.09. The molecule has 0 bridgehead atoms. The molecule has 1 aromatic heterocycles. The smallest absolute Gasteiger partial charge is 0.262 e. The van der Waals surface area contributed by atoms with Crippen LogP contribution in [0.3, 0.4) is 0 Å². The molecule has 7 nitrogen and oxygen atoms in total. The molecule has 4 rings (SSSR count). The Morgan fingerprint density at radius 2 is 1.74 bits per heavy atom. The molecule has 0 radical (unpaired) electrons. The van der Waals surface area contributed by atoms with Crippen molar-refractivity contribution in [2.24, 2.45) is 0 Å². The zero-order valence-corrected chi connectivity index (χ0v) is 18.7. The van der Waals surface area contributed by atoms with E-state index in [9.17, 15) is 9.90 Å². The summed E-state index contributed by atoms with van der Waals surface area (Å²) in [6.07, 6.45) is 7.73. The zero-order chi connectivity index (χ0) is 21.0. The molecule has 31 heavy (non-hydrogen) atoms. The molecular weight excluding hydrogens is 439 g/mol. The third-order valence-electron chi connectivity index (χ3n) is 5.67. The second-order valence-electron chi connectivity index (χ2n) is 7.66. The van der Waals surface area contributed by atoms with Crippen LogP contribution in [0.25, 0.3) is 0 Å². The number of hydrogen-bond donors (Lipinski definition) is 1. The van der Waals surface area contributed by atoms with E-state index in [2.05, 4.69) is 14.9 Å². The van der Waals surface area contributed by atoms with Crippen LogP contribution < -0.4 is 4.74 Å². The minimum Gasteiger partial charge on any atom is -0.461 e. The van der Waals surface area contributed by atoms with E-state index in [-0.39, 0.29) is 18.3 Å². The van der Waals surface area contributed by atoms with Gasteiger partial charge in [-0.2, -0.15) is 0 Å². The lowest BCUT2D eigenvalue weighted by molar-refractivity contribution is -0.0332. The van der Waals surface area contributed by atoms with Gasteiger partial charge < -0.3 is 14.7 Å². The van der Waals surface area contributed by atoms with E-state index in [1.165, 1.54) is 6.26 Å². The SMILES string of the molecule is Cl.O=C1c2ccccc2OC=C(Cl)N1CCCCN1CCC(O)(c2ncccn2)CC1. The van der Waals surface area contributed by atoms with Gasteiger partial charge in [0.1, 0.15) is 22.8 Å². The Bertz CT molecular complexity index is 918. The van der Waals surface area contributed by atoms with E-state index in [0.29, 0.717) is 41.7 Å². The molecule has 1 N–H and O–H groups in total. The number of unbranched alkanes of at least 4 members (excludes halogenated alkanes) is 1. The fourth-order valence-electron chi connectivity index (χ4n) is 3.89.